The van der Waals surface area contributed by atoms with Crippen LogP contribution in [0.25, 0.3) is 0 Å². The molecule has 0 aromatic carbocycles. The lowest BCUT2D eigenvalue weighted by molar-refractivity contribution is -0.380. The van der Waals surface area contributed by atoms with Crippen molar-refractivity contribution in [1.82, 2.24) is 0 Å². The van der Waals surface area contributed by atoms with E-state index in [1.807, 2.05) is 0 Å². The topological polar surface area (TPSA) is 40.5 Å². The number of rotatable bonds is 4. The van der Waals surface area contributed by atoms with Crippen LogP contribution in [0.15, 0.2) is 0 Å². The van der Waals surface area contributed by atoms with Gasteiger partial charge in [0.25, 0.3) is 0 Å². The second kappa shape index (κ2) is 3.57. The van der Waals surface area contributed by atoms with Crippen LogP contribution in [0, 0.1) is 0 Å². The smallest absolute Gasteiger partial charge is 0.335 e. The minimum atomic E-state index is -4.79. The van der Waals surface area contributed by atoms with Gasteiger partial charge >= 0.3 is 12.0 Å². The molecule has 1 unspecified atom stereocenters. The van der Waals surface area contributed by atoms with Gasteiger partial charge in [-0.2, -0.15) is 13.2 Å². The first-order chi connectivity index (χ1) is 5.23. The summed E-state index contributed by atoms with van der Waals surface area (Å²) in [5, 5.41) is 15.7. The molecule has 0 heterocycles. The molecule has 2 N–H and O–H groups in total. The van der Waals surface area contributed by atoms with E-state index in [1.165, 1.54) is 6.92 Å². The number of hydrogen-bond acceptors (Lipinski definition) is 2. The van der Waals surface area contributed by atoms with Gasteiger partial charge in [-0.25, -0.2) is 4.39 Å². The van der Waals surface area contributed by atoms with Crippen LogP contribution in [0.3, 0.4) is 0 Å². The minimum Gasteiger partial charge on any atom is -0.335 e. The normalized spacial score (nSPS) is 16.2. The van der Waals surface area contributed by atoms with E-state index in [1.54, 1.807) is 0 Å². The van der Waals surface area contributed by atoms with Gasteiger partial charge in [0, 0.05) is 0 Å². The van der Waals surface area contributed by atoms with Crippen LogP contribution < -0.4 is 0 Å². The molecule has 0 aromatic heterocycles. The van der Waals surface area contributed by atoms with E-state index in [2.05, 4.69) is 0 Å². The van der Waals surface area contributed by atoms with Crippen molar-refractivity contribution in [2.24, 2.45) is 0 Å². The maximum Gasteiger partial charge on any atom is 0.384 e. The molecule has 12 heavy (non-hydrogen) atoms. The van der Waals surface area contributed by atoms with Gasteiger partial charge in [0.1, 0.15) is 0 Å². The molecule has 0 fully saturated rings. The highest BCUT2D eigenvalue weighted by Gasteiger charge is 2.59. The summed E-state index contributed by atoms with van der Waals surface area (Å²) in [5.41, 5.74) is 0. The fraction of sp³-hybridized carbons (Fsp3) is 1.00. The van der Waals surface area contributed by atoms with Gasteiger partial charge in [-0.15, -0.1) is 0 Å². The molecule has 0 bridgehead atoms. The Morgan fingerprint density at radius 2 is 1.67 bits per heavy atom. The van der Waals surface area contributed by atoms with E-state index in [9.17, 15) is 17.6 Å². The summed E-state index contributed by atoms with van der Waals surface area (Å²) in [7, 11) is 0. The van der Waals surface area contributed by atoms with Gasteiger partial charge in [-0.3, -0.25) is 0 Å². The lowest BCUT2D eigenvalue weighted by atomic mass is 10.1. The summed E-state index contributed by atoms with van der Waals surface area (Å²) < 4.78 is 48.8. The zero-order chi connectivity index (χ0) is 9.99. The van der Waals surface area contributed by atoms with Crippen molar-refractivity contribution in [1.29, 1.82) is 0 Å². The Hall–Kier alpha value is -0.360. The highest BCUT2D eigenvalue weighted by molar-refractivity contribution is 4.83. The van der Waals surface area contributed by atoms with Gasteiger partial charge in [0.15, 0.2) is 6.17 Å². The van der Waals surface area contributed by atoms with Crippen molar-refractivity contribution in [3.8, 4) is 0 Å². The predicted molar refractivity (Wildman–Crippen MR) is 33.0 cm³/mol. The Kier molecular flexibility index (Phi) is 3.46. The maximum absolute atomic E-state index is 12.4. The van der Waals surface area contributed by atoms with Crippen LogP contribution in [0.2, 0.25) is 0 Å². The van der Waals surface area contributed by atoms with E-state index >= 15 is 0 Å². The summed E-state index contributed by atoms with van der Waals surface area (Å²) in [6, 6.07) is -4.79. The number of hydrogen-bond donors (Lipinski definition) is 2. The third-order valence-corrected chi connectivity index (χ3v) is 1.36. The SMILES string of the molecule is CCCC(F)C(F)(F)C(O)(O)F. The van der Waals surface area contributed by atoms with Crippen LogP contribution in [-0.4, -0.2) is 28.3 Å². The van der Waals surface area contributed by atoms with Crippen LogP contribution in [0.1, 0.15) is 19.8 Å². The summed E-state index contributed by atoms with van der Waals surface area (Å²) in [6.45, 7) is 1.41. The summed E-state index contributed by atoms with van der Waals surface area (Å²) in [5.74, 6) is -4.77. The van der Waals surface area contributed by atoms with Crippen molar-refractivity contribution in [3.63, 3.8) is 0 Å². The third kappa shape index (κ3) is 2.31. The molecule has 0 aromatic rings. The average molecular weight is 190 g/mol. The molecule has 0 spiro atoms. The molecule has 0 aliphatic carbocycles. The fourth-order valence-electron chi connectivity index (χ4n) is 0.634. The molecule has 74 valence electrons. The Morgan fingerprint density at radius 3 is 1.92 bits per heavy atom. The van der Waals surface area contributed by atoms with Crippen molar-refractivity contribution >= 4 is 0 Å². The molecule has 2 nitrogen and oxygen atoms in total. The Balaban J connectivity index is 4.38. The van der Waals surface area contributed by atoms with Crippen molar-refractivity contribution in [2.45, 2.75) is 37.9 Å². The molecule has 0 saturated heterocycles. The molecule has 0 rings (SSSR count). The van der Waals surface area contributed by atoms with Gasteiger partial charge in [0.05, 0.1) is 0 Å². The van der Waals surface area contributed by atoms with E-state index in [0.717, 1.165) is 0 Å². The van der Waals surface area contributed by atoms with Crippen molar-refractivity contribution < 1.29 is 27.8 Å². The van der Waals surface area contributed by atoms with E-state index < -0.39 is 24.6 Å². The number of halogens is 4. The Bertz CT molecular complexity index is 143. The first kappa shape index (κ1) is 11.6. The lowest BCUT2D eigenvalue weighted by Gasteiger charge is -2.25. The fourth-order valence-corrected chi connectivity index (χ4v) is 0.634. The standard InChI is InChI=1S/C6H10F4O2/c1-2-3-4(7)5(8,9)6(10,11)12/h4,11-12H,2-3H2,1H3. The van der Waals surface area contributed by atoms with Crippen molar-refractivity contribution in [2.75, 3.05) is 0 Å². The molecule has 0 aliphatic heterocycles. The molecule has 1 atom stereocenters. The predicted octanol–water partition coefficient (Wildman–Crippen LogP) is 1.37. The van der Waals surface area contributed by atoms with E-state index in [4.69, 9.17) is 10.2 Å². The first-order valence-electron chi connectivity index (χ1n) is 3.39. The van der Waals surface area contributed by atoms with Crippen LogP contribution in [0.5, 0.6) is 0 Å². The van der Waals surface area contributed by atoms with Gasteiger partial charge < -0.3 is 10.2 Å². The van der Waals surface area contributed by atoms with E-state index in [0.29, 0.717) is 0 Å². The summed E-state index contributed by atoms with van der Waals surface area (Å²) >= 11 is 0. The zero-order valence-electron chi connectivity index (χ0n) is 6.40. The largest absolute Gasteiger partial charge is 0.384 e. The first-order valence-corrected chi connectivity index (χ1v) is 3.39. The maximum atomic E-state index is 12.4. The lowest BCUT2D eigenvalue weighted by Crippen LogP contribution is -2.50. The highest BCUT2D eigenvalue weighted by Crippen LogP contribution is 2.35. The van der Waals surface area contributed by atoms with Crippen LogP contribution in [0.4, 0.5) is 17.6 Å². The van der Waals surface area contributed by atoms with Crippen LogP contribution in [-0.2, 0) is 0 Å². The Labute approximate surface area is 66.8 Å². The average Bonchev–Trinajstić information content (AvgIpc) is 1.85. The van der Waals surface area contributed by atoms with Gasteiger partial charge in [-0.05, 0) is 6.42 Å². The number of aliphatic hydroxyl groups is 2. The molecule has 0 aliphatic rings. The molecular weight excluding hydrogens is 180 g/mol. The summed E-state index contributed by atoms with van der Waals surface area (Å²) in [4.78, 5) is 0. The molecule has 0 saturated carbocycles. The quantitative estimate of drug-likeness (QED) is 0.519. The van der Waals surface area contributed by atoms with E-state index in [-0.39, 0.29) is 6.42 Å². The zero-order valence-corrected chi connectivity index (χ0v) is 6.40. The van der Waals surface area contributed by atoms with Crippen molar-refractivity contribution in [3.05, 3.63) is 0 Å². The Morgan fingerprint density at radius 1 is 1.25 bits per heavy atom. The molecule has 6 heteroatoms. The third-order valence-electron chi connectivity index (χ3n) is 1.36. The molecule has 0 amide bonds. The second-order valence-corrected chi connectivity index (χ2v) is 2.47. The van der Waals surface area contributed by atoms with Crippen LogP contribution >= 0.6 is 0 Å². The number of alkyl halides is 4. The highest BCUT2D eigenvalue weighted by atomic mass is 19.3. The monoisotopic (exact) mass is 190 g/mol. The minimum absolute atomic E-state index is 0.0623. The molecule has 0 radical (unpaired) electrons. The van der Waals surface area contributed by atoms with Gasteiger partial charge in [0.2, 0.25) is 0 Å². The van der Waals surface area contributed by atoms with Gasteiger partial charge in [-0.1, -0.05) is 13.3 Å². The second-order valence-electron chi connectivity index (χ2n) is 2.47. The molecular formula is C6H10F4O2. The summed E-state index contributed by atoms with van der Waals surface area (Å²) in [6.07, 6.45) is -3.45.